The standard InChI is InChI=1S/C13H13NO4/c1-17-13(16)9-18-11-7-5-10(6-8-11)3-2-4-12(14)15/h5-8H,4,9H2,1H3,(H2,14,15). The summed E-state index contributed by atoms with van der Waals surface area (Å²) in [4.78, 5) is 21.3. The number of hydrogen-bond acceptors (Lipinski definition) is 4. The van der Waals surface area contributed by atoms with Gasteiger partial charge in [-0.2, -0.15) is 0 Å². The fourth-order valence-electron chi connectivity index (χ4n) is 1.07. The van der Waals surface area contributed by atoms with Crippen LogP contribution < -0.4 is 10.5 Å². The molecule has 1 aromatic rings. The van der Waals surface area contributed by atoms with Crippen LogP contribution in [0.5, 0.6) is 5.75 Å². The summed E-state index contributed by atoms with van der Waals surface area (Å²) in [6.45, 7) is -0.136. The van der Waals surface area contributed by atoms with Crippen molar-refractivity contribution in [1.82, 2.24) is 0 Å². The number of ether oxygens (including phenoxy) is 2. The zero-order valence-electron chi connectivity index (χ0n) is 9.93. The monoisotopic (exact) mass is 247 g/mol. The minimum atomic E-state index is -0.458. The van der Waals surface area contributed by atoms with Crippen LogP contribution in [-0.2, 0) is 14.3 Å². The minimum absolute atomic E-state index is 0.0284. The number of carbonyl (C=O) groups excluding carboxylic acids is 2. The minimum Gasteiger partial charge on any atom is -0.482 e. The van der Waals surface area contributed by atoms with E-state index >= 15 is 0 Å². The van der Waals surface area contributed by atoms with Crippen molar-refractivity contribution in [3.63, 3.8) is 0 Å². The molecule has 0 aliphatic carbocycles. The average Bonchev–Trinajstić information content (AvgIpc) is 2.37. The van der Waals surface area contributed by atoms with Crippen molar-refractivity contribution >= 4 is 11.9 Å². The number of primary amides is 1. The summed E-state index contributed by atoms with van der Waals surface area (Å²) in [5.41, 5.74) is 5.69. The predicted molar refractivity (Wildman–Crippen MR) is 64.6 cm³/mol. The first kappa shape index (κ1) is 13.6. The normalized spacial score (nSPS) is 8.94. The molecular formula is C13H13NO4. The molecular weight excluding hydrogens is 234 g/mol. The smallest absolute Gasteiger partial charge is 0.343 e. The molecule has 0 bridgehead atoms. The zero-order valence-corrected chi connectivity index (χ0v) is 9.93. The highest BCUT2D eigenvalue weighted by atomic mass is 16.6. The van der Waals surface area contributed by atoms with Crippen molar-refractivity contribution in [3.05, 3.63) is 29.8 Å². The van der Waals surface area contributed by atoms with Crippen molar-refractivity contribution in [2.45, 2.75) is 6.42 Å². The van der Waals surface area contributed by atoms with Gasteiger partial charge in [0.15, 0.2) is 6.61 Å². The van der Waals surface area contributed by atoms with E-state index in [1.54, 1.807) is 24.3 Å². The first-order valence-corrected chi connectivity index (χ1v) is 5.18. The maximum absolute atomic E-state index is 10.8. The van der Waals surface area contributed by atoms with Crippen LogP contribution in [-0.4, -0.2) is 25.6 Å². The molecule has 0 spiro atoms. The molecule has 94 valence electrons. The summed E-state index contributed by atoms with van der Waals surface area (Å²) in [6.07, 6.45) is 0.0284. The van der Waals surface area contributed by atoms with E-state index in [9.17, 15) is 9.59 Å². The molecule has 0 saturated heterocycles. The number of benzene rings is 1. The molecule has 0 aliphatic rings. The third-order valence-corrected chi connectivity index (χ3v) is 1.93. The Bertz CT molecular complexity index is 482. The maximum atomic E-state index is 10.8. The van der Waals surface area contributed by atoms with Crippen molar-refractivity contribution in [1.29, 1.82) is 0 Å². The van der Waals surface area contributed by atoms with E-state index in [1.165, 1.54) is 7.11 Å². The van der Waals surface area contributed by atoms with Crippen LogP contribution in [0.15, 0.2) is 24.3 Å². The van der Waals surface area contributed by atoms with Crippen LogP contribution in [0.4, 0.5) is 0 Å². The van der Waals surface area contributed by atoms with Crippen molar-refractivity contribution in [3.8, 4) is 17.6 Å². The van der Waals surface area contributed by atoms with Gasteiger partial charge in [0.05, 0.1) is 13.5 Å². The van der Waals surface area contributed by atoms with Gasteiger partial charge in [0, 0.05) is 5.56 Å². The Labute approximate surface area is 105 Å². The lowest BCUT2D eigenvalue weighted by Gasteiger charge is -2.03. The van der Waals surface area contributed by atoms with Crippen molar-refractivity contribution in [2.75, 3.05) is 13.7 Å². The molecule has 1 aromatic carbocycles. The van der Waals surface area contributed by atoms with Gasteiger partial charge in [0.1, 0.15) is 5.75 Å². The molecule has 2 N–H and O–H groups in total. The Morgan fingerprint density at radius 2 is 1.94 bits per heavy atom. The first-order chi connectivity index (χ1) is 8.61. The summed E-state index contributed by atoms with van der Waals surface area (Å²) in [5.74, 6) is 5.06. The Kier molecular flexibility index (Phi) is 5.26. The van der Waals surface area contributed by atoms with Gasteiger partial charge < -0.3 is 15.2 Å². The lowest BCUT2D eigenvalue weighted by atomic mass is 10.2. The lowest BCUT2D eigenvalue weighted by Crippen LogP contribution is -2.12. The number of nitrogens with two attached hydrogens (primary N) is 1. The molecule has 1 amide bonds. The van der Waals surface area contributed by atoms with Crippen LogP contribution >= 0.6 is 0 Å². The lowest BCUT2D eigenvalue weighted by molar-refractivity contribution is -0.142. The molecule has 0 fully saturated rings. The Balaban J connectivity index is 2.54. The summed E-state index contributed by atoms with van der Waals surface area (Å²) < 4.78 is 9.60. The highest BCUT2D eigenvalue weighted by Crippen LogP contribution is 2.11. The van der Waals surface area contributed by atoms with E-state index in [0.29, 0.717) is 5.75 Å². The molecule has 0 radical (unpaired) electrons. The fraction of sp³-hybridized carbons (Fsp3) is 0.231. The molecule has 18 heavy (non-hydrogen) atoms. The van der Waals surface area contributed by atoms with Crippen molar-refractivity contribution < 1.29 is 19.1 Å². The van der Waals surface area contributed by atoms with Crippen LogP contribution in [0, 0.1) is 11.8 Å². The number of hydrogen-bond donors (Lipinski definition) is 1. The van der Waals surface area contributed by atoms with Crippen LogP contribution in [0.1, 0.15) is 12.0 Å². The molecule has 0 atom stereocenters. The van der Waals surface area contributed by atoms with E-state index < -0.39 is 11.9 Å². The third-order valence-electron chi connectivity index (χ3n) is 1.93. The van der Waals surface area contributed by atoms with Gasteiger partial charge in [-0.15, -0.1) is 0 Å². The predicted octanol–water partition coefficient (Wildman–Crippen LogP) is 0.465. The molecule has 0 aliphatic heterocycles. The van der Waals surface area contributed by atoms with Gasteiger partial charge in [-0.25, -0.2) is 4.79 Å². The quantitative estimate of drug-likeness (QED) is 0.619. The molecule has 0 unspecified atom stereocenters. The molecule has 0 heterocycles. The van der Waals surface area contributed by atoms with E-state index in [1.807, 2.05) is 0 Å². The first-order valence-electron chi connectivity index (χ1n) is 5.18. The fourth-order valence-corrected chi connectivity index (χ4v) is 1.07. The van der Waals surface area contributed by atoms with E-state index in [0.717, 1.165) is 5.56 Å². The van der Waals surface area contributed by atoms with E-state index in [-0.39, 0.29) is 13.0 Å². The van der Waals surface area contributed by atoms with Gasteiger partial charge >= 0.3 is 5.97 Å². The number of rotatable bonds is 4. The SMILES string of the molecule is COC(=O)COc1ccc(C#CCC(N)=O)cc1. The van der Waals surface area contributed by atoms with E-state index in [4.69, 9.17) is 10.5 Å². The van der Waals surface area contributed by atoms with Crippen molar-refractivity contribution in [2.24, 2.45) is 5.73 Å². The molecule has 5 nitrogen and oxygen atoms in total. The average molecular weight is 247 g/mol. The van der Waals surface area contributed by atoms with Crippen LogP contribution in [0.2, 0.25) is 0 Å². The number of esters is 1. The van der Waals surface area contributed by atoms with Gasteiger partial charge in [0.2, 0.25) is 5.91 Å². The number of amides is 1. The highest BCUT2D eigenvalue weighted by Gasteiger charge is 2.00. The summed E-state index contributed by atoms with van der Waals surface area (Å²) in [5, 5.41) is 0. The van der Waals surface area contributed by atoms with Gasteiger partial charge in [-0.1, -0.05) is 11.8 Å². The number of carbonyl (C=O) groups is 2. The second kappa shape index (κ2) is 6.97. The zero-order chi connectivity index (χ0) is 13.4. The summed E-state index contributed by atoms with van der Waals surface area (Å²) >= 11 is 0. The maximum Gasteiger partial charge on any atom is 0.343 e. The molecule has 0 aromatic heterocycles. The molecule has 1 rings (SSSR count). The van der Waals surface area contributed by atoms with Crippen LogP contribution in [0.3, 0.4) is 0 Å². The Morgan fingerprint density at radius 1 is 1.28 bits per heavy atom. The highest BCUT2D eigenvalue weighted by molar-refractivity contribution is 5.76. The summed E-state index contributed by atoms with van der Waals surface area (Å²) in [7, 11) is 1.29. The Morgan fingerprint density at radius 3 is 2.50 bits per heavy atom. The Hall–Kier alpha value is -2.48. The van der Waals surface area contributed by atoms with Gasteiger partial charge in [0.25, 0.3) is 0 Å². The molecule has 5 heteroatoms. The molecule has 0 saturated carbocycles. The second-order valence-corrected chi connectivity index (χ2v) is 3.33. The van der Waals surface area contributed by atoms with Crippen LogP contribution in [0.25, 0.3) is 0 Å². The summed E-state index contributed by atoms with van der Waals surface area (Å²) in [6, 6.07) is 6.80. The third kappa shape index (κ3) is 5.03. The second-order valence-electron chi connectivity index (χ2n) is 3.33. The van der Waals surface area contributed by atoms with Gasteiger partial charge in [-0.3, -0.25) is 4.79 Å². The number of methoxy groups -OCH3 is 1. The van der Waals surface area contributed by atoms with Gasteiger partial charge in [-0.05, 0) is 24.3 Å². The largest absolute Gasteiger partial charge is 0.482 e. The topological polar surface area (TPSA) is 78.6 Å². The van der Waals surface area contributed by atoms with E-state index in [2.05, 4.69) is 16.6 Å².